The van der Waals surface area contributed by atoms with Gasteiger partial charge in [-0.3, -0.25) is 29.3 Å². The first kappa shape index (κ1) is 26.2. The number of esters is 4. The summed E-state index contributed by atoms with van der Waals surface area (Å²) >= 11 is 0. The van der Waals surface area contributed by atoms with E-state index in [4.69, 9.17) is 23.7 Å². The second-order valence-electron chi connectivity index (χ2n) is 6.89. The van der Waals surface area contributed by atoms with Gasteiger partial charge in [-0.25, -0.2) is 4.79 Å². The summed E-state index contributed by atoms with van der Waals surface area (Å²) in [6.07, 6.45) is -8.01. The Bertz CT molecular complexity index is 991. The molecule has 5 atom stereocenters. The highest BCUT2D eigenvalue weighted by Crippen LogP contribution is 2.34. The van der Waals surface area contributed by atoms with E-state index in [2.05, 4.69) is 4.74 Å². The molecular formula is C20H21NO13. The summed E-state index contributed by atoms with van der Waals surface area (Å²) in [6, 6.07) is 3.22. The number of hydrogen-bond acceptors (Lipinski definition) is 13. The summed E-state index contributed by atoms with van der Waals surface area (Å²) < 4.78 is 31.2. The predicted molar refractivity (Wildman–Crippen MR) is 106 cm³/mol. The molecule has 14 heteroatoms. The molecule has 14 nitrogen and oxygen atoms in total. The lowest BCUT2D eigenvalue weighted by Crippen LogP contribution is -2.64. The summed E-state index contributed by atoms with van der Waals surface area (Å²) in [5.74, 6) is -4.17. The van der Waals surface area contributed by atoms with Crippen molar-refractivity contribution in [3.8, 4) is 5.75 Å². The fourth-order valence-corrected chi connectivity index (χ4v) is 3.15. The van der Waals surface area contributed by atoms with Gasteiger partial charge in [0.2, 0.25) is 12.4 Å². The van der Waals surface area contributed by atoms with Gasteiger partial charge >= 0.3 is 29.6 Å². The Hall–Kier alpha value is -4.07. The summed E-state index contributed by atoms with van der Waals surface area (Å²) in [4.78, 5) is 69.2. The number of hydrogen-bond donors (Lipinski definition) is 0. The minimum absolute atomic E-state index is 0.0275. The Kier molecular flexibility index (Phi) is 8.61. The highest BCUT2D eigenvalue weighted by atomic mass is 16.7. The molecule has 1 fully saturated rings. The van der Waals surface area contributed by atoms with Gasteiger partial charge < -0.3 is 28.4 Å². The second-order valence-corrected chi connectivity index (χ2v) is 6.89. The standard InChI is InChI=1S/C20H21NO13/c1-9(23)30-15-16(31-10(2)24)18(32-11(3)25)20(34-17(15)19(26)29-4)33-14-6-5-12(8-22)7-13(14)21(27)28/h5-8,15-18,20H,1-4H3/t15-,16-,17?,18+,20+/m0/s1. The molecule has 1 unspecified atom stereocenters. The van der Waals surface area contributed by atoms with Crippen LogP contribution >= 0.6 is 0 Å². The Labute approximate surface area is 192 Å². The number of ether oxygens (including phenoxy) is 6. The Balaban J connectivity index is 2.59. The van der Waals surface area contributed by atoms with Crippen molar-refractivity contribution >= 4 is 35.9 Å². The molecule has 0 amide bonds. The predicted octanol–water partition coefficient (Wildman–Crippen LogP) is 0.479. The number of nitro groups is 1. The number of carbonyl (C=O) groups excluding carboxylic acids is 5. The van der Waals surface area contributed by atoms with Crippen molar-refractivity contribution in [3.05, 3.63) is 33.9 Å². The van der Waals surface area contributed by atoms with Crippen molar-refractivity contribution in [2.24, 2.45) is 0 Å². The monoisotopic (exact) mass is 483 g/mol. The summed E-state index contributed by atoms with van der Waals surface area (Å²) in [7, 11) is 1.01. The topological polar surface area (TPSA) is 184 Å². The number of methoxy groups -OCH3 is 1. The summed E-state index contributed by atoms with van der Waals surface area (Å²) in [5, 5.41) is 11.5. The molecule has 0 aromatic heterocycles. The molecule has 1 aliphatic heterocycles. The van der Waals surface area contributed by atoms with Gasteiger partial charge in [0.25, 0.3) is 0 Å². The van der Waals surface area contributed by atoms with Crippen LogP contribution < -0.4 is 4.74 Å². The van der Waals surface area contributed by atoms with Crippen molar-refractivity contribution in [1.29, 1.82) is 0 Å². The average Bonchev–Trinajstić information content (AvgIpc) is 2.76. The van der Waals surface area contributed by atoms with E-state index in [0.29, 0.717) is 6.29 Å². The number of nitrogens with zero attached hydrogens (tertiary/aromatic N) is 1. The minimum atomic E-state index is -1.77. The van der Waals surface area contributed by atoms with Gasteiger partial charge in [0, 0.05) is 32.4 Å². The number of nitro benzene ring substituents is 1. The van der Waals surface area contributed by atoms with Crippen LogP contribution in [0.2, 0.25) is 0 Å². The van der Waals surface area contributed by atoms with Crippen molar-refractivity contribution < 1.29 is 57.3 Å². The van der Waals surface area contributed by atoms with Crippen LogP contribution in [0.25, 0.3) is 0 Å². The van der Waals surface area contributed by atoms with Crippen molar-refractivity contribution in [2.45, 2.75) is 51.5 Å². The van der Waals surface area contributed by atoms with E-state index in [1.54, 1.807) is 0 Å². The van der Waals surface area contributed by atoms with Crippen molar-refractivity contribution in [1.82, 2.24) is 0 Å². The summed E-state index contributed by atoms with van der Waals surface area (Å²) in [5.41, 5.74) is -0.671. The molecule has 0 saturated carbocycles. The zero-order valence-corrected chi connectivity index (χ0v) is 18.5. The number of benzene rings is 1. The normalized spacial score (nSPS) is 23.7. The molecule has 0 bridgehead atoms. The van der Waals surface area contributed by atoms with Crippen LogP contribution in [0.4, 0.5) is 5.69 Å². The number of carbonyl (C=O) groups is 5. The molecule has 0 spiro atoms. The largest absolute Gasteiger partial charge is 0.467 e. The first-order chi connectivity index (χ1) is 16.0. The van der Waals surface area contributed by atoms with Crippen LogP contribution in [-0.4, -0.2) is 72.9 Å². The van der Waals surface area contributed by atoms with Crippen LogP contribution in [0.1, 0.15) is 31.1 Å². The Morgan fingerprint density at radius 2 is 1.53 bits per heavy atom. The first-order valence-electron chi connectivity index (χ1n) is 9.63. The third-order valence-corrected chi connectivity index (χ3v) is 4.39. The Morgan fingerprint density at radius 1 is 0.971 bits per heavy atom. The molecular weight excluding hydrogens is 462 g/mol. The molecule has 1 aromatic carbocycles. The maximum Gasteiger partial charge on any atom is 0.339 e. The minimum Gasteiger partial charge on any atom is -0.467 e. The molecule has 0 radical (unpaired) electrons. The molecule has 0 N–H and O–H groups in total. The zero-order valence-electron chi connectivity index (χ0n) is 18.5. The van der Waals surface area contributed by atoms with E-state index in [-0.39, 0.29) is 5.56 Å². The van der Waals surface area contributed by atoms with E-state index in [9.17, 15) is 34.1 Å². The maximum absolute atomic E-state index is 12.4. The van der Waals surface area contributed by atoms with Gasteiger partial charge in [-0.05, 0) is 12.1 Å². The third-order valence-electron chi connectivity index (χ3n) is 4.39. The molecule has 1 heterocycles. The van der Waals surface area contributed by atoms with E-state index in [1.165, 1.54) is 6.07 Å². The van der Waals surface area contributed by atoms with Crippen LogP contribution in [-0.2, 0) is 42.9 Å². The fourth-order valence-electron chi connectivity index (χ4n) is 3.15. The van der Waals surface area contributed by atoms with E-state index in [1.807, 2.05) is 0 Å². The molecule has 184 valence electrons. The first-order valence-corrected chi connectivity index (χ1v) is 9.63. The fraction of sp³-hybridized carbons (Fsp3) is 0.450. The van der Waals surface area contributed by atoms with Crippen molar-refractivity contribution in [2.75, 3.05) is 7.11 Å². The van der Waals surface area contributed by atoms with Crippen LogP contribution in [0.15, 0.2) is 18.2 Å². The molecule has 1 aromatic rings. The molecule has 2 rings (SSSR count). The van der Waals surface area contributed by atoms with Gasteiger partial charge in [-0.1, -0.05) is 0 Å². The SMILES string of the molecule is COC(=O)C1O[C@@H](Oc2ccc(C=O)cc2[N+](=O)[O-])[C@H](OC(C)=O)[C@@H](OC(C)=O)[C@@H]1OC(C)=O. The highest BCUT2D eigenvalue weighted by Gasteiger charge is 2.56. The zero-order chi connectivity index (χ0) is 25.6. The van der Waals surface area contributed by atoms with E-state index < -0.39 is 70.9 Å². The molecule has 0 aliphatic carbocycles. The number of aldehydes is 1. The number of rotatable bonds is 8. The Morgan fingerprint density at radius 3 is 2.03 bits per heavy atom. The molecule has 34 heavy (non-hydrogen) atoms. The lowest BCUT2D eigenvalue weighted by atomic mass is 9.97. The van der Waals surface area contributed by atoms with Crippen molar-refractivity contribution in [3.63, 3.8) is 0 Å². The van der Waals surface area contributed by atoms with E-state index >= 15 is 0 Å². The van der Waals surface area contributed by atoms with Gasteiger partial charge in [0.1, 0.15) is 6.29 Å². The van der Waals surface area contributed by atoms with E-state index in [0.717, 1.165) is 40.0 Å². The molecule has 1 aliphatic rings. The molecule has 1 saturated heterocycles. The lowest BCUT2D eigenvalue weighted by Gasteiger charge is -2.42. The van der Waals surface area contributed by atoms with Crippen LogP contribution in [0.3, 0.4) is 0 Å². The van der Waals surface area contributed by atoms with Gasteiger partial charge in [0.05, 0.1) is 12.0 Å². The van der Waals surface area contributed by atoms with Gasteiger partial charge in [0.15, 0.2) is 24.1 Å². The van der Waals surface area contributed by atoms with Gasteiger partial charge in [-0.15, -0.1) is 0 Å². The maximum atomic E-state index is 12.4. The van der Waals surface area contributed by atoms with Gasteiger partial charge in [-0.2, -0.15) is 0 Å². The quantitative estimate of drug-likeness (QED) is 0.164. The summed E-state index contributed by atoms with van der Waals surface area (Å²) in [6.45, 7) is 3.04. The highest BCUT2D eigenvalue weighted by molar-refractivity contribution is 5.78. The average molecular weight is 483 g/mol. The van der Waals surface area contributed by atoms with Crippen LogP contribution in [0.5, 0.6) is 5.75 Å². The van der Waals surface area contributed by atoms with Crippen LogP contribution in [0, 0.1) is 10.1 Å². The third kappa shape index (κ3) is 6.25. The lowest BCUT2D eigenvalue weighted by molar-refractivity contribution is -0.387. The second kappa shape index (κ2) is 11.2. The smallest absolute Gasteiger partial charge is 0.339 e.